The molecule has 1 aromatic carbocycles. The second-order valence-electron chi connectivity index (χ2n) is 5.31. The number of ether oxygens (including phenoxy) is 1. The van der Waals surface area contributed by atoms with Gasteiger partial charge < -0.3 is 4.74 Å². The number of esters is 1. The van der Waals surface area contributed by atoms with Gasteiger partial charge in [0.2, 0.25) is 10.0 Å². The summed E-state index contributed by atoms with van der Waals surface area (Å²) in [4.78, 5) is 9.57. The van der Waals surface area contributed by atoms with Gasteiger partial charge in [0.25, 0.3) is 0 Å². The van der Waals surface area contributed by atoms with Crippen molar-refractivity contribution < 1.29 is 35.5 Å². The van der Waals surface area contributed by atoms with Crippen LogP contribution < -0.4 is 4.72 Å². The highest BCUT2D eigenvalue weighted by Crippen LogP contribution is 2.30. The van der Waals surface area contributed by atoms with Crippen LogP contribution in [0.5, 0.6) is 0 Å². The largest absolute Gasteiger partial charge is 0.459 e. The van der Waals surface area contributed by atoms with Crippen molar-refractivity contribution in [2.24, 2.45) is 0 Å². The average Bonchev–Trinajstić information content (AvgIpc) is 2.39. The Hall–Kier alpha value is -1.39. The number of benzene rings is 1. The fraction of sp³-hybridized carbons (Fsp3) is 0.417. The normalized spacial score (nSPS) is 12.3. The number of hydrogen-bond donors (Lipinski definition) is 1. The van der Waals surface area contributed by atoms with Crippen LogP contribution in [0.1, 0.15) is 20.8 Å². The van der Waals surface area contributed by atoms with Crippen LogP contribution in [0.15, 0.2) is 4.90 Å². The van der Waals surface area contributed by atoms with Gasteiger partial charge in [-0.1, -0.05) is 11.6 Å². The topological polar surface area (TPSA) is 72.5 Å². The average molecular weight is 378 g/mol. The van der Waals surface area contributed by atoms with Crippen LogP contribution in [0.2, 0.25) is 5.02 Å². The summed E-state index contributed by atoms with van der Waals surface area (Å²) in [5.74, 6) is -9.67. The standard InChI is InChI=1S/C12H12ClF4NO4S/c1-12(2,3)22-5(19)4-18-23(20,21)11-8(15)6(13)7(14)9(16)10(11)17/h18H,4H2,1-3H3. The molecule has 0 aliphatic rings. The summed E-state index contributed by atoms with van der Waals surface area (Å²) in [6.07, 6.45) is 0. The van der Waals surface area contributed by atoms with E-state index in [-0.39, 0.29) is 0 Å². The molecule has 0 unspecified atom stereocenters. The molecule has 0 atom stereocenters. The van der Waals surface area contributed by atoms with Gasteiger partial charge in [0, 0.05) is 0 Å². The van der Waals surface area contributed by atoms with E-state index in [0.717, 1.165) is 0 Å². The van der Waals surface area contributed by atoms with Gasteiger partial charge in [-0.25, -0.2) is 26.0 Å². The predicted molar refractivity (Wildman–Crippen MR) is 72.3 cm³/mol. The Morgan fingerprint density at radius 2 is 1.61 bits per heavy atom. The van der Waals surface area contributed by atoms with Crippen LogP contribution in [0.3, 0.4) is 0 Å². The Bertz CT molecular complexity index is 717. The first-order valence-electron chi connectivity index (χ1n) is 6.01. The molecule has 130 valence electrons. The number of rotatable bonds is 4. The van der Waals surface area contributed by atoms with Crippen molar-refractivity contribution in [3.8, 4) is 0 Å². The zero-order valence-corrected chi connectivity index (χ0v) is 13.7. The molecule has 0 radical (unpaired) electrons. The first-order chi connectivity index (χ1) is 10.3. The van der Waals surface area contributed by atoms with E-state index in [2.05, 4.69) is 0 Å². The summed E-state index contributed by atoms with van der Waals surface area (Å²) < 4.78 is 83.4. The van der Waals surface area contributed by atoms with Crippen molar-refractivity contribution in [3.05, 3.63) is 28.3 Å². The summed E-state index contributed by atoms with van der Waals surface area (Å²) in [5.41, 5.74) is -0.926. The fourth-order valence-corrected chi connectivity index (χ4v) is 2.77. The third-order valence-electron chi connectivity index (χ3n) is 2.26. The molecule has 0 aliphatic carbocycles. The number of carbonyl (C=O) groups excluding carboxylic acids is 1. The second kappa shape index (κ2) is 6.62. The van der Waals surface area contributed by atoms with Gasteiger partial charge in [0.1, 0.15) is 17.2 Å². The number of carbonyl (C=O) groups is 1. The lowest BCUT2D eigenvalue weighted by atomic mass is 10.2. The molecular formula is C12H12ClF4NO4S. The van der Waals surface area contributed by atoms with Crippen LogP contribution in [-0.4, -0.2) is 26.5 Å². The minimum absolute atomic E-state index is 0.926. The third kappa shape index (κ3) is 4.55. The Kier molecular flexibility index (Phi) is 5.65. The van der Waals surface area contributed by atoms with Crippen LogP contribution in [-0.2, 0) is 19.6 Å². The Balaban J connectivity index is 3.14. The maximum absolute atomic E-state index is 13.7. The zero-order valence-electron chi connectivity index (χ0n) is 12.1. The first kappa shape index (κ1) is 19.7. The maximum atomic E-state index is 13.7. The lowest BCUT2D eigenvalue weighted by Crippen LogP contribution is -2.35. The lowest BCUT2D eigenvalue weighted by molar-refractivity contribution is -0.153. The first-order valence-corrected chi connectivity index (χ1v) is 7.87. The van der Waals surface area contributed by atoms with Crippen LogP contribution in [0.4, 0.5) is 17.6 Å². The molecule has 1 aromatic rings. The summed E-state index contributed by atoms with van der Waals surface area (Å²) >= 11 is 5.08. The maximum Gasteiger partial charge on any atom is 0.321 e. The molecule has 0 fully saturated rings. The van der Waals surface area contributed by atoms with Gasteiger partial charge in [0.15, 0.2) is 28.2 Å². The molecule has 0 saturated heterocycles. The summed E-state index contributed by atoms with van der Waals surface area (Å²) in [7, 11) is -5.03. The lowest BCUT2D eigenvalue weighted by Gasteiger charge is -2.19. The van der Waals surface area contributed by atoms with E-state index in [1.165, 1.54) is 25.5 Å². The number of nitrogens with one attached hydrogen (secondary N) is 1. The van der Waals surface area contributed by atoms with Gasteiger partial charge in [-0.3, -0.25) is 4.79 Å². The van der Waals surface area contributed by atoms with E-state index >= 15 is 0 Å². The minimum atomic E-state index is -5.03. The Labute approximate surface area is 134 Å². The molecule has 11 heteroatoms. The van der Waals surface area contributed by atoms with Crippen molar-refractivity contribution in [1.29, 1.82) is 0 Å². The van der Waals surface area contributed by atoms with E-state index in [4.69, 9.17) is 16.3 Å². The molecule has 0 amide bonds. The summed E-state index contributed by atoms with van der Waals surface area (Å²) in [6.45, 7) is 3.55. The van der Waals surface area contributed by atoms with Crippen LogP contribution >= 0.6 is 11.6 Å². The molecule has 1 rings (SSSR count). The molecule has 0 spiro atoms. The van der Waals surface area contributed by atoms with Crippen molar-refractivity contribution in [2.45, 2.75) is 31.3 Å². The van der Waals surface area contributed by atoms with Crippen LogP contribution in [0, 0.1) is 23.3 Å². The summed E-state index contributed by atoms with van der Waals surface area (Å²) in [6, 6.07) is 0. The van der Waals surface area contributed by atoms with Crippen molar-refractivity contribution in [3.63, 3.8) is 0 Å². The van der Waals surface area contributed by atoms with Gasteiger partial charge in [-0.15, -0.1) is 0 Å². The van der Waals surface area contributed by atoms with Gasteiger partial charge in [-0.2, -0.15) is 4.72 Å². The highest BCUT2D eigenvalue weighted by Gasteiger charge is 2.33. The number of hydrogen-bond acceptors (Lipinski definition) is 4. The third-order valence-corrected chi connectivity index (χ3v) is 4.02. The van der Waals surface area contributed by atoms with Crippen molar-refractivity contribution in [1.82, 2.24) is 4.72 Å². The van der Waals surface area contributed by atoms with Crippen molar-refractivity contribution in [2.75, 3.05) is 6.54 Å². The van der Waals surface area contributed by atoms with Gasteiger partial charge in [0.05, 0.1) is 0 Å². The fourth-order valence-electron chi connectivity index (χ4n) is 1.42. The molecule has 0 aliphatic heterocycles. The molecule has 0 saturated carbocycles. The molecule has 0 heterocycles. The zero-order chi connectivity index (χ0) is 18.2. The Morgan fingerprint density at radius 1 is 1.09 bits per heavy atom. The highest BCUT2D eigenvalue weighted by molar-refractivity contribution is 7.89. The minimum Gasteiger partial charge on any atom is -0.459 e. The predicted octanol–water partition coefficient (Wildman–Crippen LogP) is 2.52. The monoisotopic (exact) mass is 377 g/mol. The van der Waals surface area contributed by atoms with E-state index in [1.54, 1.807) is 0 Å². The molecule has 23 heavy (non-hydrogen) atoms. The number of halogens is 5. The van der Waals surface area contributed by atoms with Gasteiger partial charge in [-0.05, 0) is 20.8 Å². The Morgan fingerprint density at radius 3 is 2.09 bits per heavy atom. The molecule has 0 bridgehead atoms. The van der Waals surface area contributed by atoms with E-state index in [9.17, 15) is 30.8 Å². The molecule has 0 aromatic heterocycles. The highest BCUT2D eigenvalue weighted by atomic mass is 35.5. The SMILES string of the molecule is CC(C)(C)OC(=O)CNS(=O)(=O)c1c(F)c(F)c(F)c(Cl)c1F. The van der Waals surface area contributed by atoms with Gasteiger partial charge >= 0.3 is 5.97 Å². The molecule has 5 nitrogen and oxygen atoms in total. The quantitative estimate of drug-likeness (QED) is 0.379. The van der Waals surface area contributed by atoms with Crippen molar-refractivity contribution >= 4 is 27.6 Å². The number of sulfonamides is 1. The summed E-state index contributed by atoms with van der Waals surface area (Å²) in [5, 5.41) is -1.53. The van der Waals surface area contributed by atoms with E-state index in [0.29, 0.717) is 0 Å². The smallest absolute Gasteiger partial charge is 0.321 e. The van der Waals surface area contributed by atoms with E-state index in [1.807, 2.05) is 0 Å². The molecule has 1 N–H and O–H groups in total. The van der Waals surface area contributed by atoms with E-state index < -0.39 is 61.3 Å². The second-order valence-corrected chi connectivity index (χ2v) is 7.39. The van der Waals surface area contributed by atoms with Crippen LogP contribution in [0.25, 0.3) is 0 Å². The molecular weight excluding hydrogens is 366 g/mol.